The fraction of sp³-hybridized carbons (Fsp3) is 0.474. The lowest BCUT2D eigenvalue weighted by atomic mass is 10.0. The molecule has 0 bridgehead atoms. The van der Waals surface area contributed by atoms with Crippen molar-refractivity contribution in [3.63, 3.8) is 0 Å². The van der Waals surface area contributed by atoms with Crippen LogP contribution in [0.25, 0.3) is 0 Å². The number of likely N-dealkylation sites (N-methyl/N-ethyl adjacent to an activating group) is 1. The number of halogens is 3. The van der Waals surface area contributed by atoms with Crippen LogP contribution in [0.15, 0.2) is 36.4 Å². The SMILES string of the molecule is CN(C(=O)c1cc(C(F)(F)F)[nH]n1)[C@H]1CCCN(CCc2ccccc2)C1. The fourth-order valence-corrected chi connectivity index (χ4v) is 3.41. The maximum absolute atomic E-state index is 12.7. The third kappa shape index (κ3) is 4.88. The maximum atomic E-state index is 12.7. The van der Waals surface area contributed by atoms with Gasteiger partial charge < -0.3 is 9.80 Å². The lowest BCUT2D eigenvalue weighted by molar-refractivity contribution is -0.141. The number of amides is 1. The molecule has 1 fully saturated rings. The second kappa shape index (κ2) is 8.12. The Kier molecular flexibility index (Phi) is 5.84. The first-order chi connectivity index (χ1) is 12.8. The highest BCUT2D eigenvalue weighted by Crippen LogP contribution is 2.28. The number of hydrogen-bond acceptors (Lipinski definition) is 3. The normalized spacial score (nSPS) is 18.4. The summed E-state index contributed by atoms with van der Waals surface area (Å²) in [6.45, 7) is 2.57. The number of carbonyl (C=O) groups is 1. The van der Waals surface area contributed by atoms with Crippen LogP contribution >= 0.6 is 0 Å². The molecule has 3 rings (SSSR count). The van der Waals surface area contributed by atoms with Gasteiger partial charge in [0.15, 0.2) is 5.69 Å². The molecule has 1 aromatic heterocycles. The first-order valence-corrected chi connectivity index (χ1v) is 9.00. The number of carbonyl (C=O) groups excluding carboxylic acids is 1. The van der Waals surface area contributed by atoms with Crippen LogP contribution in [0, 0.1) is 0 Å². The monoisotopic (exact) mass is 380 g/mol. The highest BCUT2D eigenvalue weighted by molar-refractivity contribution is 5.92. The van der Waals surface area contributed by atoms with E-state index in [2.05, 4.69) is 22.1 Å². The van der Waals surface area contributed by atoms with Crippen molar-refractivity contribution in [1.82, 2.24) is 20.0 Å². The van der Waals surface area contributed by atoms with Gasteiger partial charge in [-0.2, -0.15) is 18.3 Å². The van der Waals surface area contributed by atoms with Crippen molar-refractivity contribution < 1.29 is 18.0 Å². The van der Waals surface area contributed by atoms with E-state index in [4.69, 9.17) is 0 Å². The molecule has 27 heavy (non-hydrogen) atoms. The zero-order valence-corrected chi connectivity index (χ0v) is 15.2. The van der Waals surface area contributed by atoms with Crippen LogP contribution in [-0.2, 0) is 12.6 Å². The largest absolute Gasteiger partial charge is 0.432 e. The van der Waals surface area contributed by atoms with Crippen molar-refractivity contribution in [3.05, 3.63) is 53.3 Å². The molecule has 1 aliphatic rings. The standard InChI is InChI=1S/C19H23F3N4O/c1-25(18(27)16-12-17(24-23-16)19(20,21)22)15-8-5-10-26(13-15)11-9-14-6-3-2-4-7-14/h2-4,6-7,12,15H,5,8-11,13H2,1H3,(H,23,24)/t15-/m0/s1. The predicted molar refractivity (Wildman–Crippen MR) is 95.3 cm³/mol. The Hall–Kier alpha value is -2.35. The molecular formula is C19H23F3N4O. The summed E-state index contributed by atoms with van der Waals surface area (Å²) in [4.78, 5) is 16.3. The van der Waals surface area contributed by atoms with Crippen LogP contribution in [0.1, 0.15) is 34.6 Å². The molecule has 2 aromatic rings. The van der Waals surface area contributed by atoms with Crippen molar-refractivity contribution >= 4 is 5.91 Å². The van der Waals surface area contributed by atoms with E-state index < -0.39 is 17.8 Å². The van der Waals surface area contributed by atoms with E-state index in [1.54, 1.807) is 7.05 Å². The maximum Gasteiger partial charge on any atom is 0.432 e. The Morgan fingerprint density at radius 3 is 2.74 bits per heavy atom. The number of H-pyrrole nitrogens is 1. The highest BCUT2D eigenvalue weighted by Gasteiger charge is 2.35. The van der Waals surface area contributed by atoms with Gasteiger partial charge in [0, 0.05) is 32.2 Å². The third-order valence-electron chi connectivity index (χ3n) is 5.01. The van der Waals surface area contributed by atoms with Crippen molar-refractivity contribution in [2.75, 3.05) is 26.7 Å². The van der Waals surface area contributed by atoms with E-state index in [1.807, 2.05) is 23.3 Å². The van der Waals surface area contributed by atoms with Crippen LogP contribution in [0.2, 0.25) is 0 Å². The van der Waals surface area contributed by atoms with Crippen LogP contribution in [0.4, 0.5) is 13.2 Å². The Morgan fingerprint density at radius 1 is 1.33 bits per heavy atom. The summed E-state index contributed by atoms with van der Waals surface area (Å²) in [6, 6.07) is 10.9. The Labute approximate surface area is 156 Å². The van der Waals surface area contributed by atoms with Gasteiger partial charge in [-0.15, -0.1) is 0 Å². The molecule has 0 spiro atoms. The molecule has 1 aliphatic heterocycles. The van der Waals surface area contributed by atoms with Crippen LogP contribution in [-0.4, -0.2) is 58.6 Å². The first-order valence-electron chi connectivity index (χ1n) is 9.00. The lowest BCUT2D eigenvalue weighted by Crippen LogP contribution is -2.49. The van der Waals surface area contributed by atoms with E-state index in [9.17, 15) is 18.0 Å². The molecular weight excluding hydrogens is 357 g/mol. The summed E-state index contributed by atoms with van der Waals surface area (Å²) in [6.07, 6.45) is -1.82. The molecule has 0 radical (unpaired) electrons. The van der Waals surface area contributed by atoms with Gasteiger partial charge in [-0.05, 0) is 31.4 Å². The molecule has 0 unspecified atom stereocenters. The number of rotatable bonds is 5. The number of alkyl halides is 3. The summed E-state index contributed by atoms with van der Waals surface area (Å²) < 4.78 is 38.1. The molecule has 1 aromatic carbocycles. The van der Waals surface area contributed by atoms with Crippen molar-refractivity contribution in [3.8, 4) is 0 Å². The van der Waals surface area contributed by atoms with E-state index in [0.717, 1.165) is 38.4 Å². The topological polar surface area (TPSA) is 52.2 Å². The average molecular weight is 380 g/mol. The molecule has 5 nitrogen and oxygen atoms in total. The highest BCUT2D eigenvalue weighted by atomic mass is 19.4. The Morgan fingerprint density at radius 2 is 2.07 bits per heavy atom. The van der Waals surface area contributed by atoms with Crippen LogP contribution < -0.4 is 0 Å². The zero-order chi connectivity index (χ0) is 19.4. The van der Waals surface area contributed by atoms with E-state index in [1.165, 1.54) is 10.5 Å². The Bertz CT molecular complexity index is 760. The van der Waals surface area contributed by atoms with Crippen molar-refractivity contribution in [2.45, 2.75) is 31.5 Å². The van der Waals surface area contributed by atoms with Crippen LogP contribution in [0.5, 0.6) is 0 Å². The number of nitrogens with one attached hydrogen (secondary N) is 1. The van der Waals surface area contributed by atoms with Crippen molar-refractivity contribution in [2.24, 2.45) is 0 Å². The second-order valence-corrected chi connectivity index (χ2v) is 6.91. The number of aromatic amines is 1. The number of benzene rings is 1. The molecule has 1 amide bonds. The minimum absolute atomic E-state index is 0.0342. The third-order valence-corrected chi connectivity index (χ3v) is 5.01. The number of aromatic nitrogens is 2. The van der Waals surface area contributed by atoms with Gasteiger partial charge in [-0.3, -0.25) is 9.89 Å². The molecule has 1 saturated heterocycles. The predicted octanol–water partition coefficient (Wildman–Crippen LogP) is 3.21. The quantitative estimate of drug-likeness (QED) is 0.867. The van der Waals surface area contributed by atoms with Gasteiger partial charge in [-0.1, -0.05) is 30.3 Å². The summed E-state index contributed by atoms with van der Waals surface area (Å²) in [5.41, 5.74) is 0.0545. The summed E-state index contributed by atoms with van der Waals surface area (Å²) in [5.74, 6) is -0.489. The van der Waals surface area contributed by atoms with Gasteiger partial charge in [0.1, 0.15) is 5.69 Å². The number of hydrogen-bond donors (Lipinski definition) is 1. The van der Waals surface area contributed by atoms with Gasteiger partial charge >= 0.3 is 6.18 Å². The summed E-state index contributed by atoms with van der Waals surface area (Å²) in [5, 5.41) is 5.44. The number of likely N-dealkylation sites (tertiary alicyclic amines) is 1. The van der Waals surface area contributed by atoms with Crippen molar-refractivity contribution in [1.29, 1.82) is 0 Å². The molecule has 146 valence electrons. The van der Waals surface area contributed by atoms with E-state index in [-0.39, 0.29) is 11.7 Å². The molecule has 1 atom stereocenters. The fourth-order valence-electron chi connectivity index (χ4n) is 3.41. The van der Waals surface area contributed by atoms with Gasteiger partial charge in [0.2, 0.25) is 0 Å². The minimum atomic E-state index is -4.54. The minimum Gasteiger partial charge on any atom is -0.336 e. The second-order valence-electron chi connectivity index (χ2n) is 6.91. The summed E-state index contributed by atoms with van der Waals surface area (Å²) in [7, 11) is 1.63. The average Bonchev–Trinajstić information content (AvgIpc) is 3.17. The molecule has 2 heterocycles. The molecule has 0 saturated carbocycles. The molecule has 1 N–H and O–H groups in total. The smallest absolute Gasteiger partial charge is 0.336 e. The lowest BCUT2D eigenvalue weighted by Gasteiger charge is -2.37. The van der Waals surface area contributed by atoms with Gasteiger partial charge in [0.25, 0.3) is 5.91 Å². The zero-order valence-electron chi connectivity index (χ0n) is 15.2. The number of nitrogens with zero attached hydrogens (tertiary/aromatic N) is 3. The van der Waals surface area contributed by atoms with E-state index >= 15 is 0 Å². The van der Waals surface area contributed by atoms with Gasteiger partial charge in [0.05, 0.1) is 0 Å². The van der Waals surface area contributed by atoms with E-state index in [0.29, 0.717) is 6.54 Å². The molecule has 0 aliphatic carbocycles. The molecule has 8 heteroatoms. The first kappa shape index (κ1) is 19.4. The summed E-state index contributed by atoms with van der Waals surface area (Å²) >= 11 is 0. The van der Waals surface area contributed by atoms with Crippen LogP contribution in [0.3, 0.4) is 0 Å². The number of piperidine rings is 1. The Balaban J connectivity index is 1.58. The van der Waals surface area contributed by atoms with Gasteiger partial charge in [-0.25, -0.2) is 0 Å².